The average Bonchev–Trinajstić information content (AvgIpc) is 2.88. The third kappa shape index (κ3) is 8.82. The summed E-state index contributed by atoms with van der Waals surface area (Å²) in [4.78, 5) is 40.6. The Morgan fingerprint density at radius 1 is 1.05 bits per heavy atom. The molecule has 3 unspecified atom stereocenters. The Hall–Kier alpha value is -3.34. The van der Waals surface area contributed by atoms with Crippen LogP contribution in [0.4, 0.5) is 13.2 Å². The van der Waals surface area contributed by atoms with Gasteiger partial charge in [-0.25, -0.2) is 13.2 Å². The molecule has 2 aromatic rings. The lowest BCUT2D eigenvalue weighted by Crippen LogP contribution is -2.64. The van der Waals surface area contributed by atoms with E-state index in [2.05, 4.69) is 31.7 Å². The maximum Gasteiger partial charge on any atom is 0.303 e. The van der Waals surface area contributed by atoms with Crippen molar-refractivity contribution in [2.24, 2.45) is 5.84 Å². The number of carbonyl (C=O) groups excluding carboxylic acids is 3. The zero-order chi connectivity index (χ0) is 30.3. The molecule has 41 heavy (non-hydrogen) atoms. The van der Waals surface area contributed by atoms with E-state index in [-0.39, 0.29) is 17.9 Å². The highest BCUT2D eigenvalue weighted by atomic mass is 79.9. The fraction of sp³-hybridized carbons (Fsp3) is 0.360. The van der Waals surface area contributed by atoms with Gasteiger partial charge in [-0.05, 0) is 34.1 Å². The van der Waals surface area contributed by atoms with Crippen molar-refractivity contribution in [1.82, 2.24) is 15.7 Å². The number of thioether (sulfide) groups is 1. The SMILES string of the molecule is CC(=O)OCC1O[C@H](Sc2cncc(Br)c2)C(OC(C)=O)C(N/C=C(\NN)c2cc(F)c(F)c(F)c2)[C@H]1OC(C)=O. The molecular weight excluding hydrogens is 637 g/mol. The molecule has 3 rings (SSSR count). The molecule has 1 aliphatic heterocycles. The van der Waals surface area contributed by atoms with Gasteiger partial charge in [-0.3, -0.25) is 25.2 Å². The van der Waals surface area contributed by atoms with E-state index in [1.54, 1.807) is 18.5 Å². The Kier molecular flexibility index (Phi) is 11.4. The Bertz CT molecular complexity index is 1300. The molecule has 0 amide bonds. The number of hydrazine groups is 1. The smallest absolute Gasteiger partial charge is 0.303 e. The topological polar surface area (TPSA) is 151 Å². The summed E-state index contributed by atoms with van der Waals surface area (Å²) in [7, 11) is 0. The maximum atomic E-state index is 13.9. The summed E-state index contributed by atoms with van der Waals surface area (Å²) < 4.78 is 64.4. The van der Waals surface area contributed by atoms with E-state index >= 15 is 0 Å². The number of carbonyl (C=O) groups is 3. The number of nitrogens with one attached hydrogen (secondary N) is 2. The average molecular weight is 663 g/mol. The van der Waals surface area contributed by atoms with Gasteiger partial charge in [0.1, 0.15) is 24.2 Å². The molecular formula is C25H26BrF3N4O7S. The highest BCUT2D eigenvalue weighted by Crippen LogP contribution is 2.37. The van der Waals surface area contributed by atoms with Gasteiger partial charge in [0, 0.05) is 54.3 Å². The minimum atomic E-state index is -1.66. The van der Waals surface area contributed by atoms with E-state index < -0.39 is 65.1 Å². The number of aromatic nitrogens is 1. The number of nitrogens with two attached hydrogens (primary N) is 1. The van der Waals surface area contributed by atoms with Gasteiger partial charge in [-0.1, -0.05) is 11.8 Å². The third-order valence-corrected chi connectivity index (χ3v) is 7.05. The molecule has 222 valence electrons. The molecule has 1 aromatic carbocycles. The fourth-order valence-corrected chi connectivity index (χ4v) is 5.54. The van der Waals surface area contributed by atoms with Gasteiger partial charge in [-0.15, -0.1) is 0 Å². The quantitative estimate of drug-likeness (QED) is 0.113. The highest BCUT2D eigenvalue weighted by Gasteiger charge is 2.50. The highest BCUT2D eigenvalue weighted by molar-refractivity contribution is 9.10. The van der Waals surface area contributed by atoms with Crippen molar-refractivity contribution >= 4 is 51.3 Å². The van der Waals surface area contributed by atoms with Gasteiger partial charge < -0.3 is 29.7 Å². The number of halogens is 4. The van der Waals surface area contributed by atoms with Crippen molar-refractivity contribution in [3.8, 4) is 0 Å². The molecule has 0 bridgehead atoms. The van der Waals surface area contributed by atoms with Gasteiger partial charge >= 0.3 is 17.9 Å². The second kappa shape index (κ2) is 14.5. The number of hydrogen-bond acceptors (Lipinski definition) is 12. The van der Waals surface area contributed by atoms with Crippen LogP contribution < -0.4 is 16.6 Å². The largest absolute Gasteiger partial charge is 0.463 e. The maximum absolute atomic E-state index is 13.9. The van der Waals surface area contributed by atoms with Gasteiger partial charge in [0.25, 0.3) is 0 Å². The predicted octanol–water partition coefficient (Wildman–Crippen LogP) is 2.93. The van der Waals surface area contributed by atoms with Crippen molar-refractivity contribution in [1.29, 1.82) is 0 Å². The second-order valence-electron chi connectivity index (χ2n) is 8.60. The minimum Gasteiger partial charge on any atom is -0.463 e. The first kappa shape index (κ1) is 32.2. The minimum absolute atomic E-state index is 0.102. The van der Waals surface area contributed by atoms with Crippen molar-refractivity contribution < 1.29 is 46.5 Å². The molecule has 1 saturated heterocycles. The molecule has 1 aromatic heterocycles. The van der Waals surface area contributed by atoms with Crippen LogP contribution in [-0.2, 0) is 33.3 Å². The lowest BCUT2D eigenvalue weighted by atomic mass is 9.96. The standard InChI is InChI=1S/C25H26BrF3N4O7S/c1-11(34)37-10-20-23(38-12(2)35)22(32-9-19(33-30)14-4-17(27)21(29)18(28)5-14)24(39-13(3)36)25(40-20)41-16-6-15(26)7-31-8-16/h4-9,20,22-25,32-33H,10,30H2,1-3H3/b19-9-/t20?,22?,23-,24?,25+/m0/s1. The first-order valence-corrected chi connectivity index (χ1v) is 13.5. The zero-order valence-corrected chi connectivity index (χ0v) is 24.3. The lowest BCUT2D eigenvalue weighted by Gasteiger charge is -2.45. The van der Waals surface area contributed by atoms with Crippen LogP contribution in [0.3, 0.4) is 0 Å². The molecule has 2 heterocycles. The molecule has 4 N–H and O–H groups in total. The summed E-state index contributed by atoms with van der Waals surface area (Å²) in [6.07, 6.45) is 0.845. The lowest BCUT2D eigenvalue weighted by molar-refractivity contribution is -0.203. The Morgan fingerprint density at radius 2 is 1.68 bits per heavy atom. The monoisotopic (exact) mass is 662 g/mol. The second-order valence-corrected chi connectivity index (χ2v) is 10.7. The molecule has 0 aliphatic carbocycles. The molecule has 16 heteroatoms. The molecule has 0 saturated carbocycles. The number of nitrogens with zero attached hydrogens (tertiary/aromatic N) is 1. The first-order valence-electron chi connectivity index (χ1n) is 11.9. The van der Waals surface area contributed by atoms with Crippen molar-refractivity contribution in [3.05, 3.63) is 64.3 Å². The number of pyridine rings is 1. The number of hydrogen-bond donors (Lipinski definition) is 3. The third-order valence-electron chi connectivity index (χ3n) is 5.51. The van der Waals surface area contributed by atoms with E-state index in [1.165, 1.54) is 13.1 Å². The van der Waals surface area contributed by atoms with Crippen LogP contribution in [0.5, 0.6) is 0 Å². The van der Waals surface area contributed by atoms with Crippen molar-refractivity contribution in [3.63, 3.8) is 0 Å². The van der Waals surface area contributed by atoms with Crippen LogP contribution >= 0.6 is 27.7 Å². The number of rotatable bonds is 10. The molecule has 5 atom stereocenters. The van der Waals surface area contributed by atoms with Crippen molar-refractivity contribution in [2.45, 2.75) is 55.5 Å². The number of benzene rings is 1. The first-order chi connectivity index (χ1) is 19.4. The molecule has 1 fully saturated rings. The summed E-state index contributed by atoms with van der Waals surface area (Å²) in [5.41, 5.74) is 1.02. The molecule has 0 radical (unpaired) electrons. The van der Waals surface area contributed by atoms with E-state index in [0.717, 1.165) is 25.6 Å². The molecule has 1 aliphatic rings. The summed E-state index contributed by atoms with van der Waals surface area (Å²) in [6, 6.07) is 2.08. The summed E-state index contributed by atoms with van der Waals surface area (Å²) in [6.45, 7) is 3.15. The molecule has 11 nitrogen and oxygen atoms in total. The predicted molar refractivity (Wildman–Crippen MR) is 143 cm³/mol. The van der Waals surface area contributed by atoms with E-state index in [4.69, 9.17) is 24.8 Å². The summed E-state index contributed by atoms with van der Waals surface area (Å²) >= 11 is 4.45. The van der Waals surface area contributed by atoms with Crippen LogP contribution in [0.1, 0.15) is 26.3 Å². The van der Waals surface area contributed by atoms with E-state index in [1.807, 2.05) is 0 Å². The van der Waals surface area contributed by atoms with Crippen LogP contribution in [0, 0.1) is 17.5 Å². The van der Waals surface area contributed by atoms with Gasteiger partial charge in [0.2, 0.25) is 0 Å². The number of ether oxygens (including phenoxy) is 4. The number of esters is 3. The summed E-state index contributed by atoms with van der Waals surface area (Å²) in [5, 5.41) is 2.92. The summed E-state index contributed by atoms with van der Waals surface area (Å²) in [5.74, 6) is -1.06. The van der Waals surface area contributed by atoms with Gasteiger partial charge in [-0.2, -0.15) is 0 Å². The normalized spacial score (nSPS) is 22.4. The van der Waals surface area contributed by atoms with E-state index in [0.29, 0.717) is 21.5 Å². The zero-order valence-electron chi connectivity index (χ0n) is 21.9. The molecule has 0 spiro atoms. The van der Waals surface area contributed by atoms with Crippen LogP contribution in [-0.4, -0.2) is 59.3 Å². The fourth-order valence-electron chi connectivity index (χ4n) is 3.88. The Balaban J connectivity index is 2.08. The van der Waals surface area contributed by atoms with Crippen LogP contribution in [0.15, 0.2) is 46.2 Å². The van der Waals surface area contributed by atoms with Gasteiger partial charge in [0.15, 0.2) is 29.7 Å². The Labute approximate surface area is 245 Å². The van der Waals surface area contributed by atoms with Crippen LogP contribution in [0.2, 0.25) is 0 Å². The van der Waals surface area contributed by atoms with E-state index in [9.17, 15) is 27.6 Å². The van der Waals surface area contributed by atoms with Crippen LogP contribution in [0.25, 0.3) is 5.70 Å². The Morgan fingerprint density at radius 3 is 2.24 bits per heavy atom. The van der Waals surface area contributed by atoms with Crippen molar-refractivity contribution in [2.75, 3.05) is 6.61 Å². The van der Waals surface area contributed by atoms with Gasteiger partial charge in [0.05, 0.1) is 5.70 Å².